The van der Waals surface area contributed by atoms with E-state index < -0.39 is 0 Å². The van der Waals surface area contributed by atoms with Gasteiger partial charge in [0.05, 0.1) is 0 Å². The molecule has 2 saturated carbocycles. The van der Waals surface area contributed by atoms with Crippen LogP contribution in [0.25, 0.3) is 0 Å². The van der Waals surface area contributed by atoms with E-state index in [1.54, 1.807) is 0 Å². The van der Waals surface area contributed by atoms with Crippen LogP contribution in [-0.4, -0.2) is 35.8 Å². The summed E-state index contributed by atoms with van der Waals surface area (Å²) in [7, 11) is 0. The minimum atomic E-state index is -0.283. The predicted molar refractivity (Wildman–Crippen MR) is 77.0 cm³/mol. The molecule has 2 aliphatic carbocycles. The highest BCUT2D eigenvalue weighted by atomic mass is 16.2. The van der Waals surface area contributed by atoms with Crippen LogP contribution in [0.1, 0.15) is 51.9 Å². The zero-order valence-corrected chi connectivity index (χ0v) is 12.4. The van der Waals surface area contributed by atoms with Gasteiger partial charge in [-0.15, -0.1) is 0 Å². The third-order valence-electron chi connectivity index (χ3n) is 5.02. The van der Waals surface area contributed by atoms with Crippen LogP contribution in [0.3, 0.4) is 0 Å². The van der Waals surface area contributed by atoms with Gasteiger partial charge in [-0.25, -0.2) is 0 Å². The second-order valence-electron chi connectivity index (χ2n) is 6.78. The SMILES string of the molecule is CCCC1NC(=O)CCN(CC(C2CC2)C2CC2)C1=O. The highest BCUT2D eigenvalue weighted by molar-refractivity contribution is 5.89. The minimum Gasteiger partial charge on any atom is -0.344 e. The quantitative estimate of drug-likeness (QED) is 0.807. The van der Waals surface area contributed by atoms with Crippen LogP contribution in [0.2, 0.25) is 0 Å². The van der Waals surface area contributed by atoms with E-state index in [-0.39, 0.29) is 17.9 Å². The van der Waals surface area contributed by atoms with Crippen LogP contribution in [-0.2, 0) is 9.59 Å². The van der Waals surface area contributed by atoms with Gasteiger partial charge in [-0.3, -0.25) is 9.59 Å². The molecule has 2 amide bonds. The van der Waals surface area contributed by atoms with Gasteiger partial charge >= 0.3 is 0 Å². The Labute approximate surface area is 121 Å². The van der Waals surface area contributed by atoms with Crippen LogP contribution in [0.4, 0.5) is 0 Å². The first-order chi connectivity index (χ1) is 9.69. The number of rotatable bonds is 6. The predicted octanol–water partition coefficient (Wildman–Crippen LogP) is 1.94. The van der Waals surface area contributed by atoms with Crippen molar-refractivity contribution in [3.8, 4) is 0 Å². The van der Waals surface area contributed by atoms with E-state index in [4.69, 9.17) is 0 Å². The molecule has 1 atom stereocenters. The molecular formula is C16H26N2O2. The molecule has 1 saturated heterocycles. The van der Waals surface area contributed by atoms with Gasteiger partial charge in [-0.05, 0) is 49.9 Å². The Hall–Kier alpha value is -1.06. The van der Waals surface area contributed by atoms with Crippen LogP contribution < -0.4 is 5.32 Å². The van der Waals surface area contributed by atoms with Crippen LogP contribution in [0.15, 0.2) is 0 Å². The molecule has 1 heterocycles. The first kappa shape index (κ1) is 13.9. The first-order valence-corrected chi connectivity index (χ1v) is 8.27. The van der Waals surface area contributed by atoms with Crippen molar-refractivity contribution in [1.29, 1.82) is 0 Å². The summed E-state index contributed by atoms with van der Waals surface area (Å²) in [5.74, 6) is 2.60. The Morgan fingerprint density at radius 3 is 2.40 bits per heavy atom. The van der Waals surface area contributed by atoms with E-state index >= 15 is 0 Å². The van der Waals surface area contributed by atoms with Gasteiger partial charge in [0.2, 0.25) is 11.8 Å². The molecule has 112 valence electrons. The van der Waals surface area contributed by atoms with Gasteiger partial charge in [0, 0.05) is 19.5 Å². The van der Waals surface area contributed by atoms with Crippen LogP contribution in [0.5, 0.6) is 0 Å². The van der Waals surface area contributed by atoms with Gasteiger partial charge in [-0.2, -0.15) is 0 Å². The van der Waals surface area contributed by atoms with Crippen molar-refractivity contribution in [1.82, 2.24) is 10.2 Å². The Kier molecular flexibility index (Phi) is 3.99. The van der Waals surface area contributed by atoms with Crippen molar-refractivity contribution in [2.45, 2.75) is 57.9 Å². The van der Waals surface area contributed by atoms with E-state index in [1.165, 1.54) is 25.7 Å². The largest absolute Gasteiger partial charge is 0.344 e. The van der Waals surface area contributed by atoms with Gasteiger partial charge in [0.1, 0.15) is 6.04 Å². The molecule has 20 heavy (non-hydrogen) atoms. The lowest BCUT2D eigenvalue weighted by atomic mass is 9.96. The third-order valence-corrected chi connectivity index (χ3v) is 5.02. The molecule has 3 aliphatic rings. The minimum absolute atomic E-state index is 0.0358. The Morgan fingerprint density at radius 2 is 1.85 bits per heavy atom. The van der Waals surface area contributed by atoms with Crippen LogP contribution in [0, 0.1) is 17.8 Å². The summed E-state index contributed by atoms with van der Waals surface area (Å²) < 4.78 is 0. The fourth-order valence-electron chi connectivity index (χ4n) is 3.55. The highest BCUT2D eigenvalue weighted by Crippen LogP contribution is 2.49. The van der Waals surface area contributed by atoms with E-state index in [9.17, 15) is 9.59 Å². The maximum Gasteiger partial charge on any atom is 0.245 e. The average Bonchev–Trinajstić information content (AvgIpc) is 3.28. The number of nitrogens with one attached hydrogen (secondary N) is 1. The number of carbonyl (C=O) groups excluding carboxylic acids is 2. The lowest BCUT2D eigenvalue weighted by Crippen LogP contribution is -2.46. The number of carbonyl (C=O) groups is 2. The number of hydrogen-bond donors (Lipinski definition) is 1. The average molecular weight is 278 g/mol. The van der Waals surface area contributed by atoms with Crippen molar-refractivity contribution >= 4 is 11.8 Å². The van der Waals surface area contributed by atoms with Gasteiger partial charge in [-0.1, -0.05) is 13.3 Å². The summed E-state index contributed by atoms with van der Waals surface area (Å²) in [4.78, 5) is 26.3. The zero-order valence-electron chi connectivity index (χ0n) is 12.4. The molecule has 4 heteroatoms. The van der Waals surface area contributed by atoms with Crippen molar-refractivity contribution in [3.05, 3.63) is 0 Å². The van der Waals surface area contributed by atoms with Crippen LogP contribution >= 0.6 is 0 Å². The smallest absolute Gasteiger partial charge is 0.245 e. The molecule has 0 aromatic heterocycles. The first-order valence-electron chi connectivity index (χ1n) is 8.27. The number of nitrogens with zero attached hydrogens (tertiary/aromatic N) is 1. The van der Waals surface area contributed by atoms with Crippen molar-refractivity contribution < 1.29 is 9.59 Å². The number of hydrogen-bond acceptors (Lipinski definition) is 2. The lowest BCUT2D eigenvalue weighted by Gasteiger charge is -2.28. The van der Waals surface area contributed by atoms with Gasteiger partial charge < -0.3 is 10.2 Å². The molecular weight excluding hydrogens is 252 g/mol. The molecule has 0 aromatic carbocycles. The molecule has 3 rings (SSSR count). The molecule has 1 unspecified atom stereocenters. The molecule has 1 N–H and O–H groups in total. The third kappa shape index (κ3) is 3.15. The molecule has 0 bridgehead atoms. The second kappa shape index (κ2) is 5.74. The summed E-state index contributed by atoms with van der Waals surface area (Å²) in [6, 6.07) is -0.283. The fourth-order valence-corrected chi connectivity index (χ4v) is 3.55. The monoisotopic (exact) mass is 278 g/mol. The second-order valence-corrected chi connectivity index (χ2v) is 6.78. The van der Waals surface area contributed by atoms with E-state index in [0.29, 0.717) is 18.9 Å². The molecule has 1 aliphatic heterocycles. The summed E-state index contributed by atoms with van der Waals surface area (Å²) >= 11 is 0. The molecule has 0 spiro atoms. The summed E-state index contributed by atoms with van der Waals surface area (Å²) in [5, 5.41) is 2.89. The Morgan fingerprint density at radius 1 is 1.20 bits per heavy atom. The normalized spacial score (nSPS) is 27.7. The highest BCUT2D eigenvalue weighted by Gasteiger charge is 2.43. The summed E-state index contributed by atoms with van der Waals surface area (Å²) in [6.07, 6.45) is 7.54. The van der Waals surface area contributed by atoms with E-state index in [2.05, 4.69) is 12.2 Å². The Balaban J connectivity index is 1.66. The summed E-state index contributed by atoms with van der Waals surface area (Å²) in [5.41, 5.74) is 0. The number of amides is 2. The van der Waals surface area contributed by atoms with Crippen molar-refractivity contribution in [2.75, 3.05) is 13.1 Å². The summed E-state index contributed by atoms with van der Waals surface area (Å²) in [6.45, 7) is 3.57. The maximum atomic E-state index is 12.6. The van der Waals surface area contributed by atoms with Gasteiger partial charge in [0.15, 0.2) is 0 Å². The molecule has 3 fully saturated rings. The fraction of sp³-hybridized carbons (Fsp3) is 0.875. The maximum absolute atomic E-state index is 12.6. The van der Waals surface area contributed by atoms with Crippen molar-refractivity contribution in [2.24, 2.45) is 17.8 Å². The topological polar surface area (TPSA) is 49.4 Å². The molecule has 0 radical (unpaired) electrons. The molecule has 0 aromatic rings. The standard InChI is InChI=1S/C16H26N2O2/c1-2-3-14-16(20)18(9-8-15(19)17-14)10-13(11-4-5-11)12-6-7-12/h11-14H,2-10H2,1H3,(H,17,19). The van der Waals surface area contributed by atoms with Crippen molar-refractivity contribution in [3.63, 3.8) is 0 Å². The van der Waals surface area contributed by atoms with E-state index in [0.717, 1.165) is 31.2 Å². The lowest BCUT2D eigenvalue weighted by molar-refractivity contribution is -0.134. The Bertz CT molecular complexity index is 376. The van der Waals surface area contributed by atoms with E-state index in [1.807, 2.05) is 4.90 Å². The molecule has 4 nitrogen and oxygen atoms in total. The van der Waals surface area contributed by atoms with Gasteiger partial charge in [0.25, 0.3) is 0 Å². The zero-order chi connectivity index (χ0) is 14.1.